The third-order valence-electron chi connectivity index (χ3n) is 5.45. The zero-order valence-corrected chi connectivity index (χ0v) is 18.8. The van der Waals surface area contributed by atoms with Crippen molar-refractivity contribution in [1.82, 2.24) is 4.90 Å². The molecule has 1 N–H and O–H groups in total. The Labute approximate surface area is 180 Å². The number of ether oxygens (including phenoxy) is 1. The van der Waals surface area contributed by atoms with Crippen molar-refractivity contribution in [3.8, 4) is 11.5 Å². The molecule has 4 nitrogen and oxygen atoms in total. The Bertz CT molecular complexity index is 930. The number of hydrogen-bond donors (Lipinski definition) is 1. The molecule has 0 fully saturated rings. The van der Waals surface area contributed by atoms with Gasteiger partial charge in [0.05, 0.1) is 11.1 Å². The van der Waals surface area contributed by atoms with Crippen LogP contribution in [0, 0.1) is 0 Å². The van der Waals surface area contributed by atoms with E-state index in [9.17, 15) is 9.90 Å². The van der Waals surface area contributed by atoms with Crippen LogP contribution in [0.1, 0.15) is 74.5 Å². The van der Waals surface area contributed by atoms with Gasteiger partial charge in [-0.25, -0.2) is 0 Å². The summed E-state index contributed by atoms with van der Waals surface area (Å²) < 4.78 is 6.01. The molecule has 2 aromatic carbocycles. The summed E-state index contributed by atoms with van der Waals surface area (Å²) in [4.78, 5) is 15.2. The lowest BCUT2D eigenvalue weighted by molar-refractivity contribution is 0.101. The number of ketones is 1. The number of allylic oxidation sites excluding steroid dienone is 1. The van der Waals surface area contributed by atoms with E-state index in [-0.39, 0.29) is 16.9 Å². The van der Waals surface area contributed by atoms with Crippen LogP contribution in [-0.4, -0.2) is 28.9 Å². The molecule has 0 bridgehead atoms. The first-order valence-electron chi connectivity index (χ1n) is 10.9. The minimum absolute atomic E-state index is 0.0802. The maximum absolute atomic E-state index is 12.9. The van der Waals surface area contributed by atoms with Crippen molar-refractivity contribution < 1.29 is 14.6 Å². The Hall–Kier alpha value is -2.59. The van der Waals surface area contributed by atoms with Gasteiger partial charge in [0.2, 0.25) is 5.78 Å². The molecule has 0 atom stereocenters. The number of fused-ring (bicyclic) bond motifs is 1. The van der Waals surface area contributed by atoms with Crippen LogP contribution >= 0.6 is 0 Å². The van der Waals surface area contributed by atoms with Crippen LogP contribution in [0.15, 0.2) is 42.2 Å². The molecular weight excluding hydrogens is 374 g/mol. The SMILES string of the molecule is CCCN(CCC)Cc1c(O)ccc2c1O/C(=C/c1ccc(C(C)(C)C)cc1)C2=O. The number of carbonyl (C=O) groups excluding carboxylic acids is 1. The molecule has 0 saturated carbocycles. The summed E-state index contributed by atoms with van der Waals surface area (Å²) in [6, 6.07) is 11.5. The number of benzene rings is 2. The molecule has 0 radical (unpaired) electrons. The van der Waals surface area contributed by atoms with E-state index in [1.807, 2.05) is 12.1 Å². The molecule has 0 amide bonds. The van der Waals surface area contributed by atoms with E-state index in [4.69, 9.17) is 4.74 Å². The normalized spacial score (nSPS) is 15.0. The molecular formula is C26H33NO3. The van der Waals surface area contributed by atoms with Gasteiger partial charge in [0.25, 0.3) is 0 Å². The topological polar surface area (TPSA) is 49.8 Å². The largest absolute Gasteiger partial charge is 0.507 e. The fraction of sp³-hybridized carbons (Fsp3) is 0.423. The van der Waals surface area contributed by atoms with E-state index in [2.05, 4.69) is 51.7 Å². The van der Waals surface area contributed by atoms with Gasteiger partial charge >= 0.3 is 0 Å². The summed E-state index contributed by atoms with van der Waals surface area (Å²) in [5, 5.41) is 10.5. The molecule has 0 aliphatic carbocycles. The van der Waals surface area contributed by atoms with Crippen LogP contribution < -0.4 is 4.74 Å². The summed E-state index contributed by atoms with van der Waals surface area (Å²) in [5.74, 6) is 0.839. The van der Waals surface area contributed by atoms with Gasteiger partial charge in [0, 0.05) is 6.54 Å². The van der Waals surface area contributed by atoms with Gasteiger partial charge in [-0.05, 0) is 60.7 Å². The monoisotopic (exact) mass is 407 g/mol. The quantitative estimate of drug-likeness (QED) is 0.578. The van der Waals surface area contributed by atoms with Crippen LogP contribution in [-0.2, 0) is 12.0 Å². The smallest absolute Gasteiger partial charge is 0.231 e. The Morgan fingerprint density at radius 2 is 1.63 bits per heavy atom. The van der Waals surface area contributed by atoms with Crippen LogP contribution in [0.3, 0.4) is 0 Å². The molecule has 3 rings (SSSR count). The number of phenols is 1. The van der Waals surface area contributed by atoms with Gasteiger partial charge in [0.1, 0.15) is 11.5 Å². The van der Waals surface area contributed by atoms with Gasteiger partial charge in [-0.2, -0.15) is 0 Å². The molecule has 0 unspecified atom stereocenters. The van der Waals surface area contributed by atoms with Gasteiger partial charge < -0.3 is 9.84 Å². The van der Waals surface area contributed by atoms with Crippen molar-refractivity contribution >= 4 is 11.9 Å². The predicted octanol–water partition coefficient (Wildman–Crippen LogP) is 5.93. The minimum atomic E-state index is -0.135. The second kappa shape index (κ2) is 9.05. The second-order valence-electron chi connectivity index (χ2n) is 9.03. The van der Waals surface area contributed by atoms with Crippen LogP contribution in [0.5, 0.6) is 11.5 Å². The summed E-state index contributed by atoms with van der Waals surface area (Å²) >= 11 is 0. The molecule has 4 heteroatoms. The average Bonchev–Trinajstić information content (AvgIpc) is 3.00. The highest BCUT2D eigenvalue weighted by molar-refractivity contribution is 6.15. The van der Waals surface area contributed by atoms with Crippen molar-refractivity contribution in [3.63, 3.8) is 0 Å². The Balaban J connectivity index is 1.89. The first kappa shape index (κ1) is 22.1. The van der Waals surface area contributed by atoms with E-state index in [0.29, 0.717) is 29.2 Å². The fourth-order valence-electron chi connectivity index (χ4n) is 3.81. The Morgan fingerprint density at radius 3 is 2.20 bits per heavy atom. The van der Waals surface area contributed by atoms with Gasteiger partial charge in [-0.1, -0.05) is 58.9 Å². The van der Waals surface area contributed by atoms with Crippen molar-refractivity contribution in [2.24, 2.45) is 0 Å². The lowest BCUT2D eigenvalue weighted by Gasteiger charge is -2.22. The van der Waals surface area contributed by atoms with E-state index in [0.717, 1.165) is 31.5 Å². The summed E-state index contributed by atoms with van der Waals surface area (Å²) in [6.45, 7) is 13.3. The fourth-order valence-corrected chi connectivity index (χ4v) is 3.81. The van der Waals surface area contributed by atoms with Crippen LogP contribution in [0.4, 0.5) is 0 Å². The van der Waals surface area contributed by atoms with Crippen LogP contribution in [0.2, 0.25) is 0 Å². The van der Waals surface area contributed by atoms with Gasteiger partial charge in [0.15, 0.2) is 5.76 Å². The molecule has 160 valence electrons. The highest BCUT2D eigenvalue weighted by Crippen LogP contribution is 2.40. The predicted molar refractivity (Wildman–Crippen MR) is 122 cm³/mol. The molecule has 0 spiro atoms. The highest BCUT2D eigenvalue weighted by Gasteiger charge is 2.31. The van der Waals surface area contributed by atoms with Crippen molar-refractivity contribution in [3.05, 3.63) is 64.4 Å². The Kier molecular flexibility index (Phi) is 6.67. The second-order valence-corrected chi connectivity index (χ2v) is 9.03. The van der Waals surface area contributed by atoms with Crippen LogP contribution in [0.25, 0.3) is 6.08 Å². The molecule has 1 heterocycles. The summed E-state index contributed by atoms with van der Waals surface area (Å²) in [5.41, 5.74) is 3.45. The number of carbonyl (C=O) groups is 1. The first-order chi connectivity index (χ1) is 14.2. The molecule has 1 aliphatic heterocycles. The summed E-state index contributed by atoms with van der Waals surface area (Å²) in [7, 11) is 0. The third-order valence-corrected chi connectivity index (χ3v) is 5.45. The van der Waals surface area contributed by atoms with Crippen molar-refractivity contribution in [2.45, 2.75) is 59.4 Å². The maximum atomic E-state index is 12.9. The summed E-state index contributed by atoms with van der Waals surface area (Å²) in [6.07, 6.45) is 3.85. The standard InChI is InChI=1S/C26H33NO3/c1-6-14-27(15-7-2)17-21-22(28)13-12-20-24(29)23(30-25(20)21)16-18-8-10-19(11-9-18)26(3,4)5/h8-13,16,28H,6-7,14-15,17H2,1-5H3/b23-16+. The highest BCUT2D eigenvalue weighted by atomic mass is 16.5. The zero-order valence-electron chi connectivity index (χ0n) is 18.8. The first-order valence-corrected chi connectivity index (χ1v) is 10.9. The zero-order chi connectivity index (χ0) is 21.9. The van der Waals surface area contributed by atoms with Gasteiger partial charge in [-0.15, -0.1) is 0 Å². The number of hydrogen-bond acceptors (Lipinski definition) is 4. The van der Waals surface area contributed by atoms with Gasteiger partial charge in [-0.3, -0.25) is 9.69 Å². The molecule has 0 saturated heterocycles. The molecule has 0 aromatic heterocycles. The number of nitrogens with zero attached hydrogens (tertiary/aromatic N) is 1. The lowest BCUT2D eigenvalue weighted by atomic mass is 9.86. The van der Waals surface area contributed by atoms with E-state index in [1.165, 1.54) is 5.56 Å². The maximum Gasteiger partial charge on any atom is 0.231 e. The Morgan fingerprint density at radius 1 is 1.00 bits per heavy atom. The lowest BCUT2D eigenvalue weighted by Crippen LogP contribution is -2.25. The molecule has 30 heavy (non-hydrogen) atoms. The number of aromatic hydroxyl groups is 1. The average molecular weight is 408 g/mol. The minimum Gasteiger partial charge on any atom is -0.507 e. The van der Waals surface area contributed by atoms with E-state index >= 15 is 0 Å². The number of rotatable bonds is 7. The number of Topliss-reactive ketones (excluding diaryl/α,β-unsaturated/α-hetero) is 1. The number of phenolic OH excluding ortho intramolecular Hbond substituents is 1. The van der Waals surface area contributed by atoms with E-state index < -0.39 is 0 Å². The molecule has 1 aliphatic rings. The van der Waals surface area contributed by atoms with E-state index in [1.54, 1.807) is 18.2 Å². The van der Waals surface area contributed by atoms with Crippen molar-refractivity contribution in [1.29, 1.82) is 0 Å². The third kappa shape index (κ3) is 4.76. The van der Waals surface area contributed by atoms with Crippen molar-refractivity contribution in [2.75, 3.05) is 13.1 Å². The molecule has 2 aromatic rings.